The Labute approximate surface area is 137 Å². The van der Waals surface area contributed by atoms with Crippen molar-refractivity contribution in [2.24, 2.45) is 5.73 Å². The van der Waals surface area contributed by atoms with Crippen LogP contribution in [0, 0.1) is 0 Å². The van der Waals surface area contributed by atoms with Gasteiger partial charge in [-0.3, -0.25) is 0 Å². The maximum Gasteiger partial charge on any atom is 0.137 e. The Morgan fingerprint density at radius 1 is 1.43 bits per heavy atom. The van der Waals surface area contributed by atoms with Gasteiger partial charge in [-0.15, -0.1) is 0 Å². The van der Waals surface area contributed by atoms with Crippen molar-refractivity contribution in [2.45, 2.75) is 38.3 Å². The highest BCUT2D eigenvalue weighted by Crippen LogP contribution is 2.27. The molecule has 4 heteroatoms. The molecule has 0 bridgehead atoms. The van der Waals surface area contributed by atoms with Crippen molar-refractivity contribution in [2.75, 3.05) is 0 Å². The average molecular weight is 308 g/mol. The molecule has 0 aromatic carbocycles. The molecule has 3 heterocycles. The number of fused-ring (bicyclic) bond motifs is 1. The molecule has 0 saturated carbocycles. The summed E-state index contributed by atoms with van der Waals surface area (Å²) >= 11 is 0. The Kier molecular flexibility index (Phi) is 4.63. The van der Waals surface area contributed by atoms with Gasteiger partial charge in [0.2, 0.25) is 0 Å². The summed E-state index contributed by atoms with van der Waals surface area (Å²) in [5.41, 5.74) is 10.4. The minimum atomic E-state index is 0.202. The second kappa shape index (κ2) is 6.84. The fourth-order valence-corrected chi connectivity index (χ4v) is 3.12. The number of hydrogen-bond donors (Lipinski definition) is 2. The molecule has 120 valence electrons. The smallest absolute Gasteiger partial charge is 0.137 e. The molecule has 23 heavy (non-hydrogen) atoms. The third-order valence-corrected chi connectivity index (χ3v) is 4.44. The molecule has 1 aliphatic rings. The second-order valence-electron chi connectivity index (χ2n) is 6.07. The standard InChI is InChI=1S/C19H24N4/c1-3-4-8-14(2)19(20)16-10-7-9-15(21-16)17-13-23-12-6-5-11-18(23)22-17/h3-6,8,11-13,15-16,21H,1,7,9-10,20H2,2H3/b8-4-,19-14-/t15-,16+/m1/s1. The minimum Gasteiger partial charge on any atom is -0.401 e. The van der Waals surface area contributed by atoms with Crippen LogP contribution in [0.5, 0.6) is 0 Å². The van der Waals surface area contributed by atoms with E-state index in [0.29, 0.717) is 0 Å². The highest BCUT2D eigenvalue weighted by molar-refractivity contribution is 5.40. The Bertz CT molecular complexity index is 721. The lowest BCUT2D eigenvalue weighted by Gasteiger charge is -2.31. The monoisotopic (exact) mass is 308 g/mol. The summed E-state index contributed by atoms with van der Waals surface area (Å²) in [6.07, 6.45) is 13.2. The third kappa shape index (κ3) is 3.37. The van der Waals surface area contributed by atoms with E-state index in [1.54, 1.807) is 6.08 Å². The van der Waals surface area contributed by atoms with Crippen LogP contribution in [0.4, 0.5) is 0 Å². The number of piperidine rings is 1. The molecule has 1 aliphatic heterocycles. The van der Waals surface area contributed by atoms with Gasteiger partial charge in [0.25, 0.3) is 0 Å². The van der Waals surface area contributed by atoms with Crippen molar-refractivity contribution in [3.63, 3.8) is 0 Å². The van der Waals surface area contributed by atoms with Gasteiger partial charge >= 0.3 is 0 Å². The predicted octanol–water partition coefficient (Wildman–Crippen LogP) is 3.49. The molecule has 1 fully saturated rings. The van der Waals surface area contributed by atoms with Gasteiger partial charge in [0.15, 0.2) is 0 Å². The Morgan fingerprint density at radius 2 is 2.30 bits per heavy atom. The van der Waals surface area contributed by atoms with Gasteiger partial charge in [0.1, 0.15) is 5.65 Å². The Hall–Kier alpha value is -2.33. The quantitative estimate of drug-likeness (QED) is 0.850. The molecule has 0 spiro atoms. The largest absolute Gasteiger partial charge is 0.401 e. The van der Waals surface area contributed by atoms with Crippen molar-refractivity contribution < 1.29 is 0 Å². The molecule has 3 N–H and O–H groups in total. The van der Waals surface area contributed by atoms with Gasteiger partial charge in [0.05, 0.1) is 11.7 Å². The van der Waals surface area contributed by atoms with E-state index in [0.717, 1.165) is 41.9 Å². The van der Waals surface area contributed by atoms with E-state index in [9.17, 15) is 0 Å². The van der Waals surface area contributed by atoms with Gasteiger partial charge in [-0.2, -0.15) is 0 Å². The highest BCUT2D eigenvalue weighted by Gasteiger charge is 2.26. The topological polar surface area (TPSA) is 55.4 Å². The summed E-state index contributed by atoms with van der Waals surface area (Å²) in [5.74, 6) is 0. The number of nitrogens with two attached hydrogens (primary N) is 1. The van der Waals surface area contributed by atoms with Crippen LogP contribution in [-0.2, 0) is 0 Å². The van der Waals surface area contributed by atoms with Gasteiger partial charge in [0, 0.05) is 24.1 Å². The minimum absolute atomic E-state index is 0.202. The summed E-state index contributed by atoms with van der Waals surface area (Å²) in [7, 11) is 0. The Morgan fingerprint density at radius 3 is 3.09 bits per heavy atom. The fraction of sp³-hybridized carbons (Fsp3) is 0.316. The molecule has 2 aromatic heterocycles. The number of aromatic nitrogens is 2. The zero-order valence-electron chi connectivity index (χ0n) is 13.6. The van der Waals surface area contributed by atoms with Crippen LogP contribution in [0.2, 0.25) is 0 Å². The van der Waals surface area contributed by atoms with Crippen molar-refractivity contribution in [1.29, 1.82) is 0 Å². The number of pyridine rings is 1. The predicted molar refractivity (Wildman–Crippen MR) is 94.9 cm³/mol. The molecule has 2 atom stereocenters. The van der Waals surface area contributed by atoms with E-state index in [4.69, 9.17) is 10.7 Å². The molecule has 0 aliphatic carbocycles. The molecular weight excluding hydrogens is 284 g/mol. The molecule has 0 radical (unpaired) electrons. The van der Waals surface area contributed by atoms with Crippen LogP contribution in [-0.4, -0.2) is 15.4 Å². The molecular formula is C19H24N4. The van der Waals surface area contributed by atoms with E-state index in [2.05, 4.69) is 22.5 Å². The summed E-state index contributed by atoms with van der Waals surface area (Å²) in [4.78, 5) is 4.74. The summed E-state index contributed by atoms with van der Waals surface area (Å²) < 4.78 is 2.07. The normalized spacial score (nSPS) is 23.2. The first kappa shape index (κ1) is 15.6. The first-order valence-electron chi connectivity index (χ1n) is 8.14. The lowest BCUT2D eigenvalue weighted by atomic mass is 9.93. The second-order valence-corrected chi connectivity index (χ2v) is 6.07. The van der Waals surface area contributed by atoms with Gasteiger partial charge in [-0.1, -0.05) is 30.9 Å². The van der Waals surface area contributed by atoms with E-state index < -0.39 is 0 Å². The zero-order valence-corrected chi connectivity index (χ0v) is 13.6. The van der Waals surface area contributed by atoms with E-state index in [-0.39, 0.29) is 12.1 Å². The van der Waals surface area contributed by atoms with Crippen LogP contribution < -0.4 is 11.1 Å². The van der Waals surface area contributed by atoms with Crippen molar-refractivity contribution in [3.05, 3.63) is 72.4 Å². The lowest BCUT2D eigenvalue weighted by molar-refractivity contribution is 0.346. The van der Waals surface area contributed by atoms with Crippen LogP contribution >= 0.6 is 0 Å². The summed E-state index contributed by atoms with van der Waals surface area (Å²) in [6.45, 7) is 5.75. The first-order chi connectivity index (χ1) is 11.2. The first-order valence-corrected chi connectivity index (χ1v) is 8.14. The fourth-order valence-electron chi connectivity index (χ4n) is 3.12. The SMILES string of the molecule is C=C/C=C\C(C)=C(/N)[C@@H]1CCC[C@H](c2cn3ccccc3n2)N1. The zero-order chi connectivity index (χ0) is 16.2. The highest BCUT2D eigenvalue weighted by atomic mass is 15.1. The number of imidazole rings is 1. The molecule has 0 amide bonds. The van der Waals surface area contributed by atoms with Crippen LogP contribution in [0.25, 0.3) is 5.65 Å². The van der Waals surface area contributed by atoms with E-state index in [1.165, 1.54) is 0 Å². The van der Waals surface area contributed by atoms with Crippen LogP contribution in [0.3, 0.4) is 0 Å². The van der Waals surface area contributed by atoms with Crippen molar-refractivity contribution in [3.8, 4) is 0 Å². The molecule has 3 rings (SSSR count). The Balaban J connectivity index is 1.80. The van der Waals surface area contributed by atoms with E-state index >= 15 is 0 Å². The number of nitrogens with zero attached hydrogens (tertiary/aromatic N) is 2. The van der Waals surface area contributed by atoms with Crippen molar-refractivity contribution >= 4 is 5.65 Å². The van der Waals surface area contributed by atoms with E-state index in [1.807, 2.05) is 43.5 Å². The molecule has 2 aromatic rings. The summed E-state index contributed by atoms with van der Waals surface area (Å²) in [5, 5.41) is 3.67. The number of allylic oxidation sites excluding steroid dienone is 4. The van der Waals surface area contributed by atoms with Gasteiger partial charge in [-0.05, 0) is 43.9 Å². The van der Waals surface area contributed by atoms with Crippen LogP contribution in [0.1, 0.15) is 37.9 Å². The molecule has 4 nitrogen and oxygen atoms in total. The average Bonchev–Trinajstić information content (AvgIpc) is 3.03. The maximum absolute atomic E-state index is 6.35. The molecule has 1 saturated heterocycles. The van der Waals surface area contributed by atoms with Crippen LogP contribution in [0.15, 0.2) is 66.7 Å². The number of rotatable bonds is 4. The van der Waals surface area contributed by atoms with Gasteiger partial charge in [-0.25, -0.2) is 4.98 Å². The maximum atomic E-state index is 6.35. The lowest BCUT2D eigenvalue weighted by Crippen LogP contribution is -2.41. The summed E-state index contributed by atoms with van der Waals surface area (Å²) in [6, 6.07) is 6.52. The molecule has 0 unspecified atom stereocenters. The number of hydrogen-bond acceptors (Lipinski definition) is 3. The van der Waals surface area contributed by atoms with Gasteiger partial charge < -0.3 is 15.5 Å². The third-order valence-electron chi connectivity index (χ3n) is 4.44. The number of nitrogens with one attached hydrogen (secondary N) is 1. The van der Waals surface area contributed by atoms with Crippen molar-refractivity contribution in [1.82, 2.24) is 14.7 Å².